The maximum atomic E-state index is 12.3. The van der Waals surface area contributed by atoms with Crippen LogP contribution in [0.25, 0.3) is 0 Å². The van der Waals surface area contributed by atoms with E-state index in [1.807, 2.05) is 0 Å². The van der Waals surface area contributed by atoms with Crippen LogP contribution in [0.15, 0.2) is 23.1 Å². The van der Waals surface area contributed by atoms with E-state index in [2.05, 4.69) is 17.0 Å². The van der Waals surface area contributed by atoms with Gasteiger partial charge in [0.15, 0.2) is 0 Å². The van der Waals surface area contributed by atoms with Crippen LogP contribution in [0, 0.1) is 0 Å². The van der Waals surface area contributed by atoms with Crippen LogP contribution in [-0.2, 0) is 10.0 Å². The van der Waals surface area contributed by atoms with E-state index < -0.39 is 10.0 Å². The Morgan fingerprint density at radius 3 is 2.80 bits per heavy atom. The second-order valence-corrected chi connectivity index (χ2v) is 8.78. The van der Waals surface area contributed by atoms with Gasteiger partial charge in [-0.1, -0.05) is 11.6 Å². The molecule has 1 aliphatic rings. The molecule has 0 aromatic heterocycles. The summed E-state index contributed by atoms with van der Waals surface area (Å²) >= 11 is 5.94. The van der Waals surface area contributed by atoms with Gasteiger partial charge in [-0.15, -0.1) is 0 Å². The summed E-state index contributed by atoms with van der Waals surface area (Å²) in [6, 6.07) is 4.96. The third-order valence-corrected chi connectivity index (χ3v) is 6.69. The van der Waals surface area contributed by atoms with Gasteiger partial charge in [0, 0.05) is 18.5 Å². The summed E-state index contributed by atoms with van der Waals surface area (Å²) in [5.41, 5.74) is 0.289. The second-order valence-electron chi connectivity index (χ2n) is 6.52. The summed E-state index contributed by atoms with van der Waals surface area (Å²) in [4.78, 5) is 13.8. The molecule has 0 saturated carbocycles. The van der Waals surface area contributed by atoms with Gasteiger partial charge >= 0.3 is 0 Å². The van der Waals surface area contributed by atoms with Crippen LogP contribution in [-0.4, -0.2) is 47.0 Å². The van der Waals surface area contributed by atoms with Crippen LogP contribution < -0.4 is 14.9 Å². The van der Waals surface area contributed by atoms with Crippen molar-refractivity contribution < 1.29 is 18.1 Å². The highest BCUT2D eigenvalue weighted by atomic mass is 35.5. The van der Waals surface area contributed by atoms with Gasteiger partial charge in [0.2, 0.25) is 10.0 Å². The average Bonchev–Trinajstić information content (AvgIpc) is 2.60. The van der Waals surface area contributed by atoms with Crippen LogP contribution in [0.1, 0.15) is 43.0 Å². The summed E-state index contributed by atoms with van der Waals surface area (Å²) in [5, 5.41) is 2.95. The van der Waals surface area contributed by atoms with E-state index >= 15 is 0 Å². The molecule has 1 aliphatic heterocycles. The lowest BCUT2D eigenvalue weighted by molar-refractivity contribution is -0.928. The molecule has 0 spiro atoms. The number of nitrogens with one attached hydrogen (secondary N) is 3. The first-order valence-electron chi connectivity index (χ1n) is 8.71. The molecular weight excluding hydrogens is 362 g/mol. The lowest BCUT2D eigenvalue weighted by Crippen LogP contribution is -3.16. The second kappa shape index (κ2) is 8.98. The first-order chi connectivity index (χ1) is 11.8. The quantitative estimate of drug-likeness (QED) is 0.605. The molecule has 1 aromatic carbocycles. The highest BCUT2D eigenvalue weighted by molar-refractivity contribution is 7.89. The minimum atomic E-state index is -3.70. The van der Waals surface area contributed by atoms with E-state index in [0.29, 0.717) is 12.6 Å². The van der Waals surface area contributed by atoms with Gasteiger partial charge in [-0.2, -0.15) is 0 Å². The summed E-state index contributed by atoms with van der Waals surface area (Å²) in [7, 11) is -2.39. The number of carbonyl (C=O) groups is 1. The number of piperidine rings is 1. The minimum Gasteiger partial charge on any atom is -0.352 e. The number of likely N-dealkylation sites (tertiary alicyclic amines) is 1. The van der Waals surface area contributed by atoms with Gasteiger partial charge in [-0.3, -0.25) is 4.79 Å². The SMILES string of the molecule is CNS(=O)(=O)c1cc(C(=O)NCCC[NH+]2CCCC[C@@H]2C)ccc1Cl. The van der Waals surface area contributed by atoms with Crippen molar-refractivity contribution in [1.82, 2.24) is 10.0 Å². The molecule has 2 rings (SSSR count). The maximum Gasteiger partial charge on any atom is 0.251 e. The molecule has 140 valence electrons. The molecule has 1 unspecified atom stereocenters. The Balaban J connectivity index is 1.89. The zero-order chi connectivity index (χ0) is 18.4. The summed E-state index contributed by atoms with van der Waals surface area (Å²) in [6.45, 7) is 5.11. The van der Waals surface area contributed by atoms with Crippen molar-refractivity contribution in [1.29, 1.82) is 0 Å². The molecule has 3 N–H and O–H groups in total. The summed E-state index contributed by atoms with van der Waals surface area (Å²) in [6.07, 6.45) is 4.77. The standard InChI is InChI=1S/C17H26ClN3O3S/c1-13-6-3-4-10-21(13)11-5-9-20-17(22)14-7-8-15(18)16(12-14)25(23,24)19-2/h7-8,12-13,19H,3-6,9-11H2,1-2H3,(H,20,22)/p+1/t13-/m0/s1. The van der Waals surface area contributed by atoms with Gasteiger partial charge in [0.05, 0.1) is 24.2 Å². The highest BCUT2D eigenvalue weighted by Crippen LogP contribution is 2.22. The van der Waals surface area contributed by atoms with E-state index in [-0.39, 0.29) is 21.4 Å². The zero-order valence-electron chi connectivity index (χ0n) is 14.8. The normalized spacial score (nSPS) is 21.1. The fraction of sp³-hybridized carbons (Fsp3) is 0.588. The van der Waals surface area contributed by atoms with E-state index in [1.54, 1.807) is 4.90 Å². The fourth-order valence-corrected chi connectivity index (χ4v) is 4.45. The van der Waals surface area contributed by atoms with Crippen molar-refractivity contribution in [3.63, 3.8) is 0 Å². The average molecular weight is 389 g/mol. The number of hydrogen-bond acceptors (Lipinski definition) is 3. The molecule has 1 aromatic rings. The molecule has 1 heterocycles. The topological polar surface area (TPSA) is 79.7 Å². The van der Waals surface area contributed by atoms with Gasteiger partial charge in [-0.25, -0.2) is 13.1 Å². The van der Waals surface area contributed by atoms with Gasteiger partial charge in [0.1, 0.15) is 4.90 Å². The van der Waals surface area contributed by atoms with Gasteiger partial charge < -0.3 is 10.2 Å². The molecule has 1 fully saturated rings. The summed E-state index contributed by atoms with van der Waals surface area (Å²) in [5.74, 6) is -0.286. The van der Waals surface area contributed by atoms with Crippen molar-refractivity contribution in [3.8, 4) is 0 Å². The number of amides is 1. The fourth-order valence-electron chi connectivity index (χ4n) is 3.20. The zero-order valence-corrected chi connectivity index (χ0v) is 16.3. The molecule has 0 radical (unpaired) electrons. The van der Waals surface area contributed by atoms with Crippen LogP contribution in [0.2, 0.25) is 5.02 Å². The lowest BCUT2D eigenvalue weighted by atomic mass is 10.0. The molecular formula is C17H27ClN3O3S+. The van der Waals surface area contributed by atoms with Crippen LogP contribution in [0.4, 0.5) is 0 Å². The van der Waals surface area contributed by atoms with Crippen molar-refractivity contribution in [2.75, 3.05) is 26.7 Å². The van der Waals surface area contributed by atoms with Crippen molar-refractivity contribution in [2.24, 2.45) is 0 Å². The number of carbonyl (C=O) groups excluding carboxylic acids is 1. The molecule has 25 heavy (non-hydrogen) atoms. The molecule has 2 atom stereocenters. The number of sulfonamides is 1. The molecule has 0 bridgehead atoms. The molecule has 1 amide bonds. The molecule has 8 heteroatoms. The Kier molecular flexibility index (Phi) is 7.25. The largest absolute Gasteiger partial charge is 0.352 e. The Labute approximate surface area is 155 Å². The first kappa shape index (κ1) is 20.2. The number of quaternary nitrogens is 1. The number of halogens is 1. The lowest BCUT2D eigenvalue weighted by Gasteiger charge is -2.30. The van der Waals surface area contributed by atoms with Crippen molar-refractivity contribution in [3.05, 3.63) is 28.8 Å². The Morgan fingerprint density at radius 1 is 1.36 bits per heavy atom. The number of rotatable bonds is 7. The van der Waals surface area contributed by atoms with Gasteiger partial charge in [0.25, 0.3) is 5.91 Å². The number of hydrogen-bond donors (Lipinski definition) is 3. The smallest absolute Gasteiger partial charge is 0.251 e. The monoisotopic (exact) mass is 388 g/mol. The first-order valence-corrected chi connectivity index (χ1v) is 10.6. The molecule has 1 saturated heterocycles. The third-order valence-electron chi connectivity index (χ3n) is 4.79. The molecule has 0 aliphatic carbocycles. The molecule has 6 nitrogen and oxygen atoms in total. The van der Waals surface area contributed by atoms with Crippen LogP contribution in [0.3, 0.4) is 0 Å². The van der Waals surface area contributed by atoms with E-state index in [9.17, 15) is 13.2 Å². The predicted octanol–water partition coefficient (Wildman–Crippen LogP) is 0.825. The van der Waals surface area contributed by atoms with Gasteiger partial charge in [-0.05, 0) is 51.4 Å². The van der Waals surface area contributed by atoms with E-state index in [0.717, 1.165) is 13.0 Å². The van der Waals surface area contributed by atoms with Crippen LogP contribution >= 0.6 is 11.6 Å². The summed E-state index contributed by atoms with van der Waals surface area (Å²) < 4.78 is 26.1. The highest BCUT2D eigenvalue weighted by Gasteiger charge is 2.21. The van der Waals surface area contributed by atoms with Crippen molar-refractivity contribution in [2.45, 2.75) is 43.5 Å². The van der Waals surface area contributed by atoms with Crippen molar-refractivity contribution >= 4 is 27.5 Å². The van der Waals surface area contributed by atoms with Crippen LogP contribution in [0.5, 0.6) is 0 Å². The van der Waals surface area contributed by atoms with E-state index in [4.69, 9.17) is 11.6 Å². The minimum absolute atomic E-state index is 0.0871. The Hall–Kier alpha value is -1.15. The van der Waals surface area contributed by atoms with E-state index in [1.165, 1.54) is 51.1 Å². The predicted molar refractivity (Wildman–Crippen MR) is 98.7 cm³/mol. The Bertz CT molecular complexity index is 709. The number of benzene rings is 1. The maximum absolute atomic E-state index is 12.3. The third kappa shape index (κ3) is 5.41. The Morgan fingerprint density at radius 2 is 2.12 bits per heavy atom.